The monoisotopic (exact) mass is 418 g/mol. The molecule has 0 saturated carbocycles. The zero-order valence-electron chi connectivity index (χ0n) is 19.1. The van der Waals surface area contributed by atoms with Crippen LogP contribution in [-0.2, 0) is 9.59 Å². The molecule has 3 heterocycles. The second-order valence-corrected chi connectivity index (χ2v) is 9.21. The van der Waals surface area contributed by atoms with Crippen LogP contribution in [0.15, 0.2) is 11.6 Å². The quantitative estimate of drug-likeness (QED) is 0.510. The Morgan fingerprint density at radius 1 is 1.20 bits per heavy atom. The number of carbonyl (C=O) groups is 3. The van der Waals surface area contributed by atoms with Crippen molar-refractivity contribution in [2.45, 2.75) is 77.3 Å². The van der Waals surface area contributed by atoms with Gasteiger partial charge < -0.3 is 15.1 Å². The molecule has 3 aliphatic heterocycles. The van der Waals surface area contributed by atoms with Crippen LogP contribution in [0.2, 0.25) is 0 Å². The van der Waals surface area contributed by atoms with Crippen LogP contribution in [0.1, 0.15) is 65.7 Å². The van der Waals surface area contributed by atoms with Gasteiger partial charge in [0.1, 0.15) is 5.54 Å². The number of urea groups is 1. The normalized spacial score (nSPS) is 29.1. The lowest BCUT2D eigenvalue weighted by Crippen LogP contribution is -2.56. The van der Waals surface area contributed by atoms with Crippen LogP contribution >= 0.6 is 0 Å². The Kier molecular flexibility index (Phi) is 7.22. The lowest BCUT2D eigenvalue weighted by atomic mass is 9.74. The Morgan fingerprint density at radius 3 is 2.47 bits per heavy atom. The molecule has 3 saturated heterocycles. The minimum Gasteiger partial charge on any atom is -0.339 e. The van der Waals surface area contributed by atoms with Gasteiger partial charge >= 0.3 is 6.03 Å². The lowest BCUT2D eigenvalue weighted by Gasteiger charge is -2.41. The van der Waals surface area contributed by atoms with Gasteiger partial charge in [-0.3, -0.25) is 14.5 Å². The smallest absolute Gasteiger partial charge is 0.325 e. The molecule has 0 aromatic rings. The molecule has 30 heavy (non-hydrogen) atoms. The summed E-state index contributed by atoms with van der Waals surface area (Å²) in [4.78, 5) is 44.5. The maximum absolute atomic E-state index is 13.5. The largest absolute Gasteiger partial charge is 0.339 e. The van der Waals surface area contributed by atoms with Gasteiger partial charge in [-0.2, -0.15) is 0 Å². The van der Waals surface area contributed by atoms with Crippen molar-refractivity contribution in [3.05, 3.63) is 11.6 Å². The number of hydrogen-bond acceptors (Lipinski definition) is 4. The highest BCUT2D eigenvalue weighted by molar-refractivity contribution is 6.07. The van der Waals surface area contributed by atoms with E-state index in [4.69, 9.17) is 0 Å². The van der Waals surface area contributed by atoms with Crippen LogP contribution in [0.3, 0.4) is 0 Å². The average molecular weight is 419 g/mol. The first kappa shape index (κ1) is 22.8. The number of imide groups is 1. The van der Waals surface area contributed by atoms with Crippen LogP contribution < -0.4 is 5.32 Å². The fourth-order valence-corrected chi connectivity index (χ4v) is 5.46. The van der Waals surface area contributed by atoms with Gasteiger partial charge in [0.15, 0.2) is 0 Å². The molecule has 3 fully saturated rings. The van der Waals surface area contributed by atoms with Crippen molar-refractivity contribution >= 4 is 17.8 Å². The molecular weight excluding hydrogens is 380 g/mol. The van der Waals surface area contributed by atoms with Crippen LogP contribution in [0.5, 0.6) is 0 Å². The molecule has 0 aromatic heterocycles. The molecule has 0 radical (unpaired) electrons. The number of hydrogen-bond donors (Lipinski definition) is 1. The van der Waals surface area contributed by atoms with E-state index in [1.54, 1.807) is 0 Å². The van der Waals surface area contributed by atoms with Gasteiger partial charge in [-0.25, -0.2) is 4.79 Å². The molecule has 1 N–H and O–H groups in total. The summed E-state index contributed by atoms with van der Waals surface area (Å²) >= 11 is 0. The molecule has 7 nitrogen and oxygen atoms in total. The fraction of sp³-hybridized carbons (Fsp3) is 0.783. The van der Waals surface area contributed by atoms with E-state index in [0.717, 1.165) is 44.2 Å². The molecule has 0 unspecified atom stereocenters. The van der Waals surface area contributed by atoms with Gasteiger partial charge in [0.05, 0.1) is 0 Å². The Morgan fingerprint density at radius 2 is 1.90 bits per heavy atom. The molecule has 168 valence electrons. The standard InChI is InChI=1S/C23H38N4O3/c1-5-12-23(18-9-14-26(15-10-18)20(28)17(3)6-2)21(29)27(22(30)24-23)16-11-19-8-7-13-25(19)4/h6,18-19H,5,7-16H2,1-4H3,(H,24,30)/b17-6+/t19-,23+/m0/s1. The highest BCUT2D eigenvalue weighted by atomic mass is 16.2. The minimum absolute atomic E-state index is 0.0515. The van der Waals surface area contributed by atoms with Gasteiger partial charge in [-0.1, -0.05) is 19.4 Å². The van der Waals surface area contributed by atoms with Crippen molar-refractivity contribution in [3.63, 3.8) is 0 Å². The summed E-state index contributed by atoms with van der Waals surface area (Å²) in [5.41, 5.74) is -0.0527. The number of piperidine rings is 1. The number of rotatable bonds is 7. The van der Waals surface area contributed by atoms with Crippen molar-refractivity contribution in [2.75, 3.05) is 33.2 Å². The van der Waals surface area contributed by atoms with Gasteiger partial charge in [-0.15, -0.1) is 0 Å². The predicted molar refractivity (Wildman–Crippen MR) is 117 cm³/mol. The van der Waals surface area contributed by atoms with Crippen LogP contribution in [0.25, 0.3) is 0 Å². The number of likely N-dealkylation sites (tertiary alicyclic amines) is 2. The summed E-state index contributed by atoms with van der Waals surface area (Å²) in [7, 11) is 2.12. The molecular formula is C23H38N4O3. The average Bonchev–Trinajstić information content (AvgIpc) is 3.26. The molecule has 2 atom stereocenters. The summed E-state index contributed by atoms with van der Waals surface area (Å²) in [6.07, 6.45) is 7.98. The molecule has 0 aliphatic carbocycles. The Balaban J connectivity index is 1.67. The van der Waals surface area contributed by atoms with Crippen molar-refractivity contribution in [3.8, 4) is 0 Å². The third kappa shape index (κ3) is 4.27. The Bertz CT molecular complexity index is 699. The molecule has 7 heteroatoms. The van der Waals surface area contributed by atoms with E-state index < -0.39 is 5.54 Å². The number of nitrogens with zero attached hydrogens (tertiary/aromatic N) is 3. The lowest BCUT2D eigenvalue weighted by molar-refractivity contribution is -0.135. The molecule has 4 amide bonds. The highest BCUT2D eigenvalue weighted by Gasteiger charge is 2.55. The first-order valence-electron chi connectivity index (χ1n) is 11.6. The second-order valence-electron chi connectivity index (χ2n) is 9.21. The first-order chi connectivity index (χ1) is 14.3. The third-order valence-corrected chi connectivity index (χ3v) is 7.45. The maximum Gasteiger partial charge on any atom is 0.325 e. The van der Waals surface area contributed by atoms with Crippen molar-refractivity contribution in [1.82, 2.24) is 20.0 Å². The Hall–Kier alpha value is -1.89. The van der Waals surface area contributed by atoms with E-state index in [9.17, 15) is 14.4 Å². The topological polar surface area (TPSA) is 73.0 Å². The zero-order valence-corrected chi connectivity index (χ0v) is 19.1. The molecule has 0 spiro atoms. The molecule has 3 aliphatic rings. The highest BCUT2D eigenvalue weighted by Crippen LogP contribution is 2.37. The molecule has 0 aromatic carbocycles. The van der Waals surface area contributed by atoms with Crippen LogP contribution in [-0.4, -0.2) is 77.4 Å². The molecule has 0 bridgehead atoms. The van der Waals surface area contributed by atoms with E-state index >= 15 is 0 Å². The second kappa shape index (κ2) is 9.50. The Labute approximate surface area is 180 Å². The number of amides is 4. The predicted octanol–water partition coefficient (Wildman–Crippen LogP) is 2.77. The summed E-state index contributed by atoms with van der Waals surface area (Å²) in [5.74, 6) is 0.0945. The van der Waals surface area contributed by atoms with Gasteiger partial charge in [0.25, 0.3) is 5.91 Å². The van der Waals surface area contributed by atoms with E-state index in [2.05, 4.69) is 24.2 Å². The number of nitrogens with one attached hydrogen (secondary N) is 1. The maximum atomic E-state index is 13.5. The summed E-state index contributed by atoms with van der Waals surface area (Å²) in [6, 6.07) is 0.216. The van der Waals surface area contributed by atoms with E-state index in [1.807, 2.05) is 24.8 Å². The summed E-state index contributed by atoms with van der Waals surface area (Å²) < 4.78 is 0. The first-order valence-corrected chi connectivity index (χ1v) is 11.6. The minimum atomic E-state index is -0.807. The van der Waals surface area contributed by atoms with Gasteiger partial charge in [0.2, 0.25) is 5.91 Å². The van der Waals surface area contributed by atoms with Crippen LogP contribution in [0, 0.1) is 5.92 Å². The molecule has 3 rings (SSSR count). The fourth-order valence-electron chi connectivity index (χ4n) is 5.46. The van der Waals surface area contributed by atoms with E-state index in [1.165, 1.54) is 11.3 Å². The number of allylic oxidation sites excluding steroid dienone is 1. The zero-order chi connectivity index (χ0) is 21.9. The SMILES string of the molecule is C/C=C(\C)C(=O)N1CCC([C@@]2(CCC)NC(=O)N(CC[C@@H]3CCCN3C)C2=O)CC1. The van der Waals surface area contributed by atoms with Gasteiger partial charge in [-0.05, 0) is 71.9 Å². The number of carbonyl (C=O) groups excluding carboxylic acids is 3. The van der Waals surface area contributed by atoms with Crippen molar-refractivity contribution < 1.29 is 14.4 Å². The summed E-state index contributed by atoms with van der Waals surface area (Å²) in [5, 5.41) is 3.11. The summed E-state index contributed by atoms with van der Waals surface area (Å²) in [6.45, 7) is 8.63. The van der Waals surface area contributed by atoms with Crippen molar-refractivity contribution in [1.29, 1.82) is 0 Å². The van der Waals surface area contributed by atoms with Crippen LogP contribution in [0.4, 0.5) is 4.79 Å². The van der Waals surface area contributed by atoms with E-state index in [0.29, 0.717) is 32.1 Å². The third-order valence-electron chi connectivity index (χ3n) is 7.45. The van der Waals surface area contributed by atoms with E-state index in [-0.39, 0.29) is 23.8 Å². The van der Waals surface area contributed by atoms with Gasteiger partial charge in [0, 0.05) is 31.2 Å². The van der Waals surface area contributed by atoms with Crippen molar-refractivity contribution in [2.24, 2.45) is 5.92 Å².